The van der Waals surface area contributed by atoms with Crippen molar-refractivity contribution in [2.24, 2.45) is 7.05 Å². The third kappa shape index (κ3) is 3.97. The summed E-state index contributed by atoms with van der Waals surface area (Å²) in [7, 11) is 3.53. The van der Waals surface area contributed by atoms with E-state index in [1.807, 2.05) is 51.2 Å². The number of carbonyl (C=O) groups is 1. The molecule has 1 aliphatic rings. The highest BCUT2D eigenvalue weighted by Gasteiger charge is 2.30. The fraction of sp³-hybridized carbons (Fsp3) is 0.435. The quantitative estimate of drug-likeness (QED) is 0.643. The van der Waals surface area contributed by atoms with Gasteiger partial charge < -0.3 is 14.8 Å². The average Bonchev–Trinajstić information content (AvgIpc) is 3.52. The Morgan fingerprint density at radius 1 is 1.23 bits per heavy atom. The molecule has 2 atom stereocenters. The first kappa shape index (κ1) is 20.2. The number of hydrogen-bond acceptors (Lipinski definition) is 5. The zero-order valence-electron chi connectivity index (χ0n) is 18.1. The number of amides is 1. The van der Waals surface area contributed by atoms with Gasteiger partial charge in [-0.05, 0) is 56.9 Å². The van der Waals surface area contributed by atoms with Crippen LogP contribution in [0.15, 0.2) is 30.3 Å². The van der Waals surface area contributed by atoms with Crippen LogP contribution in [0.3, 0.4) is 0 Å². The molecular formula is C23H28N4O3. The summed E-state index contributed by atoms with van der Waals surface area (Å²) in [5.41, 5.74) is 3.99. The van der Waals surface area contributed by atoms with E-state index >= 15 is 0 Å². The highest BCUT2D eigenvalue weighted by Crippen LogP contribution is 2.43. The summed E-state index contributed by atoms with van der Waals surface area (Å²) in [4.78, 5) is 17.3. The Labute approximate surface area is 176 Å². The lowest BCUT2D eigenvalue weighted by atomic mass is 10.1. The molecule has 1 N–H and O–H groups in total. The van der Waals surface area contributed by atoms with Gasteiger partial charge in [0.05, 0.1) is 18.8 Å². The van der Waals surface area contributed by atoms with Gasteiger partial charge >= 0.3 is 0 Å². The normalized spacial score (nSPS) is 15.6. The molecule has 0 radical (unpaired) electrons. The second kappa shape index (κ2) is 7.97. The minimum absolute atomic E-state index is 0.148. The summed E-state index contributed by atoms with van der Waals surface area (Å²) in [6, 6.07) is 9.38. The van der Waals surface area contributed by atoms with Gasteiger partial charge in [0.25, 0.3) is 5.91 Å². The molecule has 30 heavy (non-hydrogen) atoms. The van der Waals surface area contributed by atoms with Crippen LogP contribution in [0.25, 0.3) is 11.0 Å². The first-order chi connectivity index (χ1) is 14.4. The number of pyridine rings is 1. The van der Waals surface area contributed by atoms with Gasteiger partial charge in [0.2, 0.25) is 5.88 Å². The maximum atomic E-state index is 12.7. The van der Waals surface area contributed by atoms with Crippen LogP contribution in [-0.2, 0) is 11.8 Å². The number of nitrogens with zero attached hydrogens (tertiary/aromatic N) is 3. The average molecular weight is 409 g/mol. The fourth-order valence-electron chi connectivity index (χ4n) is 3.68. The van der Waals surface area contributed by atoms with Crippen molar-refractivity contribution in [3.63, 3.8) is 0 Å². The van der Waals surface area contributed by atoms with Crippen LogP contribution in [0.1, 0.15) is 55.5 Å². The molecule has 1 saturated carbocycles. The molecule has 7 heteroatoms. The summed E-state index contributed by atoms with van der Waals surface area (Å²) in [5.74, 6) is 1.57. The Morgan fingerprint density at radius 3 is 2.57 bits per heavy atom. The molecule has 0 bridgehead atoms. The number of aryl methyl sites for hydroxylation is 2. The smallest absolute Gasteiger partial charge is 0.261 e. The topological polar surface area (TPSA) is 78.3 Å². The van der Waals surface area contributed by atoms with Crippen molar-refractivity contribution in [3.8, 4) is 11.6 Å². The molecule has 7 nitrogen and oxygen atoms in total. The summed E-state index contributed by atoms with van der Waals surface area (Å²) in [6.45, 7) is 5.72. The van der Waals surface area contributed by atoms with Crippen LogP contribution in [0.2, 0.25) is 0 Å². The molecule has 1 amide bonds. The molecule has 1 aliphatic carbocycles. The Balaban J connectivity index is 1.46. The van der Waals surface area contributed by atoms with Gasteiger partial charge in [-0.3, -0.25) is 9.48 Å². The first-order valence-electron chi connectivity index (χ1n) is 10.3. The van der Waals surface area contributed by atoms with Crippen molar-refractivity contribution < 1.29 is 14.3 Å². The van der Waals surface area contributed by atoms with Gasteiger partial charge in [0, 0.05) is 24.4 Å². The molecule has 2 heterocycles. The molecule has 0 saturated heterocycles. The third-order valence-corrected chi connectivity index (χ3v) is 5.60. The zero-order chi connectivity index (χ0) is 21.4. The lowest BCUT2D eigenvalue weighted by molar-refractivity contribution is -0.128. The third-order valence-electron chi connectivity index (χ3n) is 5.60. The van der Waals surface area contributed by atoms with Crippen LogP contribution in [0.5, 0.6) is 11.6 Å². The maximum absolute atomic E-state index is 12.7. The second-order valence-corrected chi connectivity index (χ2v) is 8.02. The lowest BCUT2D eigenvalue weighted by Crippen LogP contribution is -2.37. The number of fused-ring (bicyclic) bond motifs is 1. The van der Waals surface area contributed by atoms with Gasteiger partial charge in [-0.2, -0.15) is 10.1 Å². The highest BCUT2D eigenvalue weighted by molar-refractivity contribution is 5.84. The van der Waals surface area contributed by atoms with E-state index < -0.39 is 6.10 Å². The molecule has 2 unspecified atom stereocenters. The maximum Gasteiger partial charge on any atom is 0.261 e. The van der Waals surface area contributed by atoms with Crippen LogP contribution in [-0.4, -0.2) is 33.9 Å². The minimum Gasteiger partial charge on any atom is -0.497 e. The molecule has 0 spiro atoms. The van der Waals surface area contributed by atoms with Crippen molar-refractivity contribution in [2.75, 3.05) is 7.11 Å². The van der Waals surface area contributed by atoms with Crippen molar-refractivity contribution in [2.45, 2.75) is 51.7 Å². The van der Waals surface area contributed by atoms with Crippen molar-refractivity contribution in [1.29, 1.82) is 0 Å². The van der Waals surface area contributed by atoms with Crippen molar-refractivity contribution >= 4 is 16.9 Å². The van der Waals surface area contributed by atoms with Crippen molar-refractivity contribution in [3.05, 3.63) is 47.2 Å². The van der Waals surface area contributed by atoms with Gasteiger partial charge in [0.15, 0.2) is 11.8 Å². The van der Waals surface area contributed by atoms with E-state index in [2.05, 4.69) is 15.4 Å². The van der Waals surface area contributed by atoms with E-state index in [-0.39, 0.29) is 11.9 Å². The zero-order valence-corrected chi connectivity index (χ0v) is 18.1. The number of aromatic nitrogens is 3. The predicted octanol–water partition coefficient (Wildman–Crippen LogP) is 3.81. The summed E-state index contributed by atoms with van der Waals surface area (Å²) < 4.78 is 12.9. The Bertz CT molecular complexity index is 1070. The Kier molecular flexibility index (Phi) is 5.37. The standard InChI is InChI=1S/C23H28N4O3/c1-13-12-19(25-22-20(13)21(17-6-7-17)26-27(22)4)30-15(3)23(28)24-14(2)16-8-10-18(29-5)11-9-16/h8-12,14-15,17H,6-7H2,1-5H3,(H,24,28). The van der Waals surface area contributed by atoms with Gasteiger partial charge in [0.1, 0.15) is 5.75 Å². The molecule has 0 aliphatic heterocycles. The minimum atomic E-state index is -0.675. The monoisotopic (exact) mass is 408 g/mol. The summed E-state index contributed by atoms with van der Waals surface area (Å²) in [6.07, 6.45) is 1.70. The summed E-state index contributed by atoms with van der Waals surface area (Å²) in [5, 5.41) is 8.77. The number of hydrogen-bond donors (Lipinski definition) is 1. The fourth-order valence-corrected chi connectivity index (χ4v) is 3.68. The SMILES string of the molecule is COc1ccc(C(C)NC(=O)C(C)Oc2cc(C)c3c(C4CC4)nn(C)c3n2)cc1. The lowest BCUT2D eigenvalue weighted by Gasteiger charge is -2.19. The molecule has 158 valence electrons. The van der Waals surface area contributed by atoms with Gasteiger partial charge in [-0.15, -0.1) is 0 Å². The number of nitrogens with one attached hydrogen (secondary N) is 1. The molecule has 2 aromatic heterocycles. The number of rotatable bonds is 7. The number of ether oxygens (including phenoxy) is 2. The number of benzene rings is 1. The van der Waals surface area contributed by atoms with Gasteiger partial charge in [-0.1, -0.05) is 12.1 Å². The van der Waals surface area contributed by atoms with Crippen LogP contribution in [0.4, 0.5) is 0 Å². The number of methoxy groups -OCH3 is 1. The molecular weight excluding hydrogens is 380 g/mol. The number of carbonyl (C=O) groups excluding carboxylic acids is 1. The molecule has 4 rings (SSSR count). The molecule has 3 aromatic rings. The Hall–Kier alpha value is -3.09. The van der Waals surface area contributed by atoms with Crippen molar-refractivity contribution in [1.82, 2.24) is 20.1 Å². The predicted molar refractivity (Wildman–Crippen MR) is 115 cm³/mol. The second-order valence-electron chi connectivity index (χ2n) is 8.02. The van der Waals surface area contributed by atoms with E-state index in [0.717, 1.165) is 33.6 Å². The van der Waals surface area contributed by atoms with E-state index in [1.165, 1.54) is 12.8 Å². The first-order valence-corrected chi connectivity index (χ1v) is 10.3. The van der Waals surface area contributed by atoms with Crippen LogP contribution >= 0.6 is 0 Å². The summed E-state index contributed by atoms with van der Waals surface area (Å²) >= 11 is 0. The Morgan fingerprint density at radius 2 is 1.93 bits per heavy atom. The van der Waals surface area contributed by atoms with Gasteiger partial charge in [-0.25, -0.2) is 0 Å². The van der Waals surface area contributed by atoms with Crippen LogP contribution < -0.4 is 14.8 Å². The van der Waals surface area contributed by atoms with E-state index in [1.54, 1.807) is 18.7 Å². The van der Waals surface area contributed by atoms with E-state index in [0.29, 0.717) is 11.8 Å². The van der Waals surface area contributed by atoms with E-state index in [4.69, 9.17) is 9.47 Å². The van der Waals surface area contributed by atoms with E-state index in [9.17, 15) is 4.79 Å². The molecule has 1 fully saturated rings. The highest BCUT2D eigenvalue weighted by atomic mass is 16.5. The molecule has 1 aromatic carbocycles. The van der Waals surface area contributed by atoms with Crippen LogP contribution in [0, 0.1) is 6.92 Å². The largest absolute Gasteiger partial charge is 0.497 e.